The summed E-state index contributed by atoms with van der Waals surface area (Å²) in [6.45, 7) is 0. The second kappa shape index (κ2) is 5.54. The van der Waals surface area contributed by atoms with Crippen molar-refractivity contribution >= 4 is 29.1 Å². The van der Waals surface area contributed by atoms with Crippen molar-refractivity contribution in [2.24, 2.45) is 0 Å². The summed E-state index contributed by atoms with van der Waals surface area (Å²) in [4.78, 5) is 33.6. The molecule has 0 aliphatic carbocycles. The van der Waals surface area contributed by atoms with Crippen molar-refractivity contribution in [2.75, 3.05) is 7.11 Å². The van der Waals surface area contributed by atoms with Crippen LogP contribution in [0.1, 0.15) is 16.8 Å². The van der Waals surface area contributed by atoms with Crippen LogP contribution in [0, 0.1) is 5.82 Å². The van der Waals surface area contributed by atoms with Crippen LogP contribution in [0.2, 0.25) is 5.02 Å². The fourth-order valence-electron chi connectivity index (χ4n) is 1.08. The Bertz CT molecular complexity index is 484. The molecule has 0 radical (unpaired) electrons. The molecule has 17 heavy (non-hydrogen) atoms. The van der Waals surface area contributed by atoms with E-state index in [4.69, 9.17) is 11.6 Å². The van der Waals surface area contributed by atoms with E-state index in [-0.39, 0.29) is 10.6 Å². The number of esters is 1. The second-order valence-corrected chi connectivity index (χ2v) is 3.54. The van der Waals surface area contributed by atoms with E-state index in [1.54, 1.807) is 0 Å². The van der Waals surface area contributed by atoms with Crippen LogP contribution in [0.3, 0.4) is 0 Å². The van der Waals surface area contributed by atoms with Gasteiger partial charge in [0.15, 0.2) is 0 Å². The van der Waals surface area contributed by atoms with E-state index in [9.17, 15) is 18.8 Å². The first-order valence-electron chi connectivity index (χ1n) is 4.55. The summed E-state index contributed by atoms with van der Waals surface area (Å²) in [6, 6.07) is 3.13. The summed E-state index contributed by atoms with van der Waals surface area (Å²) < 4.78 is 17.1. The third-order valence-corrected chi connectivity index (χ3v) is 2.26. The van der Waals surface area contributed by atoms with E-state index < -0.39 is 29.8 Å². The number of hydrogen-bond acceptors (Lipinski definition) is 4. The highest BCUT2D eigenvalue weighted by atomic mass is 35.5. The molecular weight excluding hydrogens is 251 g/mol. The SMILES string of the molecule is COC(=O)CC(=O)C(=O)c1ccc(F)c(Cl)c1. The molecule has 6 heteroatoms. The van der Waals surface area contributed by atoms with E-state index in [0.29, 0.717) is 0 Å². The van der Waals surface area contributed by atoms with Gasteiger partial charge in [0, 0.05) is 5.56 Å². The zero-order valence-corrected chi connectivity index (χ0v) is 9.58. The van der Waals surface area contributed by atoms with Crippen molar-refractivity contribution < 1.29 is 23.5 Å². The normalized spacial score (nSPS) is 9.82. The molecule has 0 aromatic heterocycles. The predicted octanol–water partition coefficient (Wildman–Crippen LogP) is 1.79. The summed E-state index contributed by atoms with van der Waals surface area (Å²) in [5.74, 6) is -3.34. The monoisotopic (exact) mass is 258 g/mol. The number of Topliss-reactive ketones (excluding diaryl/α,β-unsaturated/α-hetero) is 2. The number of ketones is 2. The summed E-state index contributed by atoms with van der Waals surface area (Å²) in [5.41, 5.74) is -0.0645. The van der Waals surface area contributed by atoms with Crippen LogP contribution in [0.15, 0.2) is 18.2 Å². The van der Waals surface area contributed by atoms with Crippen molar-refractivity contribution in [1.82, 2.24) is 0 Å². The molecular formula is C11H8ClFO4. The molecule has 0 saturated carbocycles. The minimum Gasteiger partial charge on any atom is -0.469 e. The quantitative estimate of drug-likeness (QED) is 0.358. The third kappa shape index (κ3) is 3.35. The number of methoxy groups -OCH3 is 1. The topological polar surface area (TPSA) is 60.4 Å². The lowest BCUT2D eigenvalue weighted by atomic mass is 10.1. The van der Waals surface area contributed by atoms with Crippen molar-refractivity contribution in [2.45, 2.75) is 6.42 Å². The smallest absolute Gasteiger partial charge is 0.313 e. The zero-order chi connectivity index (χ0) is 13.0. The molecule has 0 amide bonds. The number of benzene rings is 1. The second-order valence-electron chi connectivity index (χ2n) is 3.13. The maximum atomic E-state index is 12.8. The van der Waals surface area contributed by atoms with Gasteiger partial charge in [-0.15, -0.1) is 0 Å². The first kappa shape index (κ1) is 13.3. The fraction of sp³-hybridized carbons (Fsp3) is 0.182. The van der Waals surface area contributed by atoms with Gasteiger partial charge < -0.3 is 4.74 Å². The van der Waals surface area contributed by atoms with E-state index in [1.165, 1.54) is 0 Å². The van der Waals surface area contributed by atoms with E-state index in [2.05, 4.69) is 4.74 Å². The van der Waals surface area contributed by atoms with Crippen LogP contribution in [-0.2, 0) is 14.3 Å². The lowest BCUT2D eigenvalue weighted by Crippen LogP contribution is -2.19. The van der Waals surface area contributed by atoms with E-state index in [0.717, 1.165) is 25.3 Å². The minimum absolute atomic E-state index is 0.0645. The molecule has 4 nitrogen and oxygen atoms in total. The van der Waals surface area contributed by atoms with Crippen molar-refractivity contribution in [3.8, 4) is 0 Å². The Balaban J connectivity index is 2.85. The number of hydrogen-bond donors (Lipinski definition) is 0. The molecule has 0 N–H and O–H groups in total. The lowest BCUT2D eigenvalue weighted by Gasteiger charge is -2.01. The summed E-state index contributed by atoms with van der Waals surface area (Å²) in [7, 11) is 1.11. The number of carbonyl (C=O) groups excluding carboxylic acids is 3. The molecule has 0 fully saturated rings. The molecule has 0 saturated heterocycles. The van der Waals surface area contributed by atoms with Crippen LogP contribution in [0.4, 0.5) is 4.39 Å². The molecule has 0 heterocycles. The lowest BCUT2D eigenvalue weighted by molar-refractivity contribution is -0.142. The minimum atomic E-state index is -0.931. The summed E-state index contributed by atoms with van der Waals surface area (Å²) in [5, 5.41) is -0.262. The van der Waals surface area contributed by atoms with Crippen LogP contribution in [-0.4, -0.2) is 24.6 Å². The van der Waals surface area contributed by atoms with Gasteiger partial charge in [-0.3, -0.25) is 14.4 Å². The van der Waals surface area contributed by atoms with Gasteiger partial charge in [-0.25, -0.2) is 4.39 Å². The molecule has 0 atom stereocenters. The van der Waals surface area contributed by atoms with Gasteiger partial charge in [0.1, 0.15) is 12.2 Å². The molecule has 0 aliphatic heterocycles. The molecule has 0 bridgehead atoms. The first-order chi connectivity index (χ1) is 7.95. The van der Waals surface area contributed by atoms with Crippen LogP contribution >= 0.6 is 11.6 Å². The molecule has 1 aromatic carbocycles. The van der Waals surface area contributed by atoms with Gasteiger partial charge in [-0.1, -0.05) is 11.6 Å². The number of ether oxygens (including phenoxy) is 1. The Morgan fingerprint density at radius 1 is 1.35 bits per heavy atom. The van der Waals surface area contributed by atoms with Gasteiger partial charge >= 0.3 is 5.97 Å². The Labute approximate surface area is 101 Å². The van der Waals surface area contributed by atoms with Crippen molar-refractivity contribution in [1.29, 1.82) is 0 Å². The molecule has 0 unspecified atom stereocenters. The summed E-state index contributed by atoms with van der Waals surface area (Å²) >= 11 is 5.47. The highest BCUT2D eigenvalue weighted by Gasteiger charge is 2.20. The Hall–Kier alpha value is -1.75. The molecule has 0 aliphatic rings. The Morgan fingerprint density at radius 2 is 2.00 bits per heavy atom. The average molecular weight is 259 g/mol. The van der Waals surface area contributed by atoms with Gasteiger partial charge in [-0.2, -0.15) is 0 Å². The van der Waals surface area contributed by atoms with Gasteiger partial charge in [0.25, 0.3) is 0 Å². The highest BCUT2D eigenvalue weighted by molar-refractivity contribution is 6.46. The van der Waals surface area contributed by atoms with E-state index >= 15 is 0 Å². The van der Waals surface area contributed by atoms with E-state index in [1.807, 2.05) is 0 Å². The molecule has 1 aromatic rings. The number of carbonyl (C=O) groups is 3. The third-order valence-electron chi connectivity index (χ3n) is 1.97. The molecule has 90 valence electrons. The Kier molecular flexibility index (Phi) is 4.34. The van der Waals surface area contributed by atoms with Gasteiger partial charge in [-0.05, 0) is 18.2 Å². The van der Waals surface area contributed by atoms with Crippen molar-refractivity contribution in [3.63, 3.8) is 0 Å². The highest BCUT2D eigenvalue weighted by Crippen LogP contribution is 2.16. The maximum Gasteiger partial charge on any atom is 0.313 e. The first-order valence-corrected chi connectivity index (χ1v) is 4.93. The largest absolute Gasteiger partial charge is 0.469 e. The van der Waals surface area contributed by atoms with Gasteiger partial charge in [0.05, 0.1) is 12.1 Å². The Morgan fingerprint density at radius 3 is 2.53 bits per heavy atom. The van der Waals surface area contributed by atoms with Crippen LogP contribution < -0.4 is 0 Å². The standard InChI is InChI=1S/C11H8ClFO4/c1-17-10(15)5-9(14)11(16)6-2-3-8(13)7(12)4-6/h2-4H,5H2,1H3. The summed E-state index contributed by atoms with van der Waals surface area (Å²) in [6.07, 6.45) is -0.648. The number of halogens is 2. The molecule has 1 rings (SSSR count). The zero-order valence-electron chi connectivity index (χ0n) is 8.83. The van der Waals surface area contributed by atoms with Crippen LogP contribution in [0.5, 0.6) is 0 Å². The maximum absolute atomic E-state index is 12.8. The fourth-order valence-corrected chi connectivity index (χ4v) is 1.26. The number of rotatable bonds is 4. The van der Waals surface area contributed by atoms with Crippen molar-refractivity contribution in [3.05, 3.63) is 34.6 Å². The predicted molar refractivity (Wildman–Crippen MR) is 57.4 cm³/mol. The molecule has 0 spiro atoms. The van der Waals surface area contributed by atoms with Gasteiger partial charge in [0.2, 0.25) is 11.6 Å². The average Bonchev–Trinajstić information content (AvgIpc) is 2.31. The van der Waals surface area contributed by atoms with Crippen LogP contribution in [0.25, 0.3) is 0 Å².